The number of likely N-dealkylation sites (tertiary alicyclic amines) is 2. The van der Waals surface area contributed by atoms with Gasteiger partial charge in [0.25, 0.3) is 0 Å². The van der Waals surface area contributed by atoms with Gasteiger partial charge in [-0.1, -0.05) is 25.1 Å². The number of nitrogens with one attached hydrogen (secondary N) is 2. The minimum Gasteiger partial charge on any atom is -0.453 e. The zero-order chi connectivity index (χ0) is 43.3. The van der Waals surface area contributed by atoms with Gasteiger partial charge in [0.05, 0.1) is 16.9 Å². The Hall–Kier alpha value is -4.50. The van der Waals surface area contributed by atoms with Crippen LogP contribution < -0.4 is 20.4 Å². The highest BCUT2D eigenvalue weighted by Crippen LogP contribution is 2.51. The zero-order valence-electron chi connectivity index (χ0n) is 36.3. The molecule has 1 saturated carbocycles. The molecule has 0 spiro atoms. The van der Waals surface area contributed by atoms with Gasteiger partial charge in [0.2, 0.25) is 15.7 Å². The standard InChI is InChI=1S/C47H64FN7O5S/c1-6-45(56)49-38-27-40(52(4)25-24-51(2)3)29-42(28-38)61(58,59)41-16-14-39(15-17-41)55-31-34(32-55)30-53-22-18-35(19-23-53)47(33-54-20-9-21-54,36-10-7-11-37(48)26-36)43-12-8-13-44(43)50-46(57)60-5/h6-7,10-11,14-17,26-29,34-35,43-44H,1,8-9,12-13,18-25,30-33H2,2-5H3,(H,49,56)(H,50,57)/t43-,44-,47-/m0/s1. The number of hydrogen-bond donors (Lipinski definition) is 2. The molecule has 2 N–H and O–H groups in total. The molecule has 0 bridgehead atoms. The molecule has 0 unspecified atom stereocenters. The first-order valence-electron chi connectivity index (χ1n) is 21.9. The fraction of sp³-hybridized carbons (Fsp3) is 0.532. The lowest BCUT2D eigenvalue weighted by Gasteiger charge is -2.54. The van der Waals surface area contributed by atoms with Crippen LogP contribution in [0.5, 0.6) is 0 Å². The Kier molecular flexibility index (Phi) is 14.1. The van der Waals surface area contributed by atoms with Crippen molar-refractivity contribution in [3.8, 4) is 0 Å². The van der Waals surface area contributed by atoms with Crippen molar-refractivity contribution in [2.45, 2.75) is 59.8 Å². The van der Waals surface area contributed by atoms with Gasteiger partial charge in [-0.3, -0.25) is 4.79 Å². The predicted octanol–water partition coefficient (Wildman–Crippen LogP) is 6.10. The van der Waals surface area contributed by atoms with E-state index in [0.29, 0.717) is 29.8 Å². The molecule has 3 saturated heterocycles. The van der Waals surface area contributed by atoms with E-state index in [4.69, 9.17) is 4.74 Å². The fourth-order valence-corrected chi connectivity index (χ4v) is 11.6. The maximum atomic E-state index is 15.1. The van der Waals surface area contributed by atoms with Crippen LogP contribution in [0.2, 0.25) is 0 Å². The zero-order valence-corrected chi connectivity index (χ0v) is 37.1. The highest BCUT2D eigenvalue weighted by molar-refractivity contribution is 7.91. The molecule has 3 atom stereocenters. The minimum absolute atomic E-state index is 0.0223. The maximum absolute atomic E-state index is 15.1. The molecule has 12 nitrogen and oxygen atoms in total. The molecule has 4 fully saturated rings. The van der Waals surface area contributed by atoms with Gasteiger partial charge in [-0.25, -0.2) is 17.6 Å². The number of piperidine rings is 1. The van der Waals surface area contributed by atoms with Crippen LogP contribution in [0.4, 0.5) is 26.2 Å². The van der Waals surface area contributed by atoms with Crippen LogP contribution in [0.3, 0.4) is 0 Å². The summed E-state index contributed by atoms with van der Waals surface area (Å²) in [5.74, 6) is 0.391. The molecular formula is C47H64FN7O5S. The summed E-state index contributed by atoms with van der Waals surface area (Å²) in [4.78, 5) is 36.5. The van der Waals surface area contributed by atoms with Crippen molar-refractivity contribution in [2.24, 2.45) is 17.8 Å². The minimum atomic E-state index is -3.89. The average Bonchev–Trinajstić information content (AvgIpc) is 3.69. The molecule has 2 amide bonds. The van der Waals surface area contributed by atoms with E-state index < -0.39 is 21.8 Å². The molecule has 3 aromatic carbocycles. The third-order valence-corrected chi connectivity index (χ3v) is 15.5. The summed E-state index contributed by atoms with van der Waals surface area (Å²) in [6.07, 6.45) is 6.87. The molecule has 3 aromatic rings. The van der Waals surface area contributed by atoms with Crippen LogP contribution in [0, 0.1) is 23.6 Å². The van der Waals surface area contributed by atoms with E-state index in [1.807, 2.05) is 44.2 Å². The number of alkyl carbamates (subject to hydrolysis) is 1. The second-order valence-electron chi connectivity index (χ2n) is 17.9. The van der Waals surface area contributed by atoms with E-state index in [0.717, 1.165) is 108 Å². The normalized spacial score (nSPS) is 21.3. The van der Waals surface area contributed by atoms with E-state index in [2.05, 4.69) is 42.9 Å². The molecule has 1 aliphatic carbocycles. The third kappa shape index (κ3) is 10.1. The summed E-state index contributed by atoms with van der Waals surface area (Å²) in [5, 5.41) is 5.92. The van der Waals surface area contributed by atoms with Gasteiger partial charge >= 0.3 is 6.09 Å². The number of anilines is 3. The maximum Gasteiger partial charge on any atom is 0.407 e. The second kappa shape index (κ2) is 19.3. The Morgan fingerprint density at radius 1 is 0.902 bits per heavy atom. The molecule has 3 heterocycles. The number of halogens is 1. The number of nitrogens with zero attached hydrogens (tertiary/aromatic N) is 5. The number of methoxy groups -OCH3 is 1. The van der Waals surface area contributed by atoms with E-state index in [1.54, 1.807) is 30.3 Å². The number of rotatable bonds is 17. The number of carbonyl (C=O) groups is 2. The summed E-state index contributed by atoms with van der Waals surface area (Å²) >= 11 is 0. The largest absolute Gasteiger partial charge is 0.453 e. The van der Waals surface area contributed by atoms with Crippen LogP contribution in [0.25, 0.3) is 0 Å². The number of likely N-dealkylation sites (N-methyl/N-ethyl adjacent to an activating group) is 2. The van der Waals surface area contributed by atoms with Crippen LogP contribution >= 0.6 is 0 Å². The van der Waals surface area contributed by atoms with Gasteiger partial charge in [-0.05, 0) is 150 Å². The predicted molar refractivity (Wildman–Crippen MR) is 240 cm³/mol. The molecule has 3 aliphatic heterocycles. The Bertz CT molecular complexity index is 2120. The first-order valence-corrected chi connectivity index (χ1v) is 23.4. The Morgan fingerprint density at radius 2 is 1.64 bits per heavy atom. The lowest BCUT2D eigenvalue weighted by atomic mass is 9.57. The van der Waals surface area contributed by atoms with Crippen LogP contribution in [0.1, 0.15) is 44.1 Å². The molecule has 7 rings (SSSR count). The van der Waals surface area contributed by atoms with E-state index >= 15 is 4.39 Å². The first kappa shape index (κ1) is 44.6. The SMILES string of the molecule is C=CC(=O)Nc1cc(N(C)CCN(C)C)cc(S(=O)(=O)c2ccc(N3CC(CN4CCC([C@@](CN5CCC5)(c5cccc(F)c5)[C@H]5CCC[C@@H]5NC(=O)OC)CC4)C3)cc2)c1. The van der Waals surface area contributed by atoms with Gasteiger partial charge in [-0.15, -0.1) is 0 Å². The van der Waals surface area contributed by atoms with E-state index in [-0.39, 0.29) is 33.0 Å². The molecule has 61 heavy (non-hydrogen) atoms. The number of sulfone groups is 1. The summed E-state index contributed by atoms with van der Waals surface area (Å²) < 4.78 is 48.1. The molecule has 0 radical (unpaired) electrons. The number of benzene rings is 3. The van der Waals surface area contributed by atoms with Crippen molar-refractivity contribution in [3.63, 3.8) is 0 Å². The molecular weight excluding hydrogens is 794 g/mol. The Balaban J connectivity index is 0.998. The third-order valence-electron chi connectivity index (χ3n) is 13.7. The fourth-order valence-electron chi connectivity index (χ4n) is 10.3. The Labute approximate surface area is 362 Å². The average molecular weight is 858 g/mol. The van der Waals surface area contributed by atoms with Gasteiger partial charge in [0.15, 0.2) is 0 Å². The summed E-state index contributed by atoms with van der Waals surface area (Å²) in [7, 11) is 3.39. The van der Waals surface area contributed by atoms with Gasteiger partial charge in [-0.2, -0.15) is 0 Å². The van der Waals surface area contributed by atoms with Crippen molar-refractivity contribution in [1.82, 2.24) is 20.0 Å². The highest BCUT2D eigenvalue weighted by Gasteiger charge is 2.53. The van der Waals surface area contributed by atoms with Gasteiger partial charge in [0.1, 0.15) is 5.82 Å². The van der Waals surface area contributed by atoms with E-state index in [9.17, 15) is 18.0 Å². The lowest BCUT2D eigenvalue weighted by Crippen LogP contribution is -2.60. The summed E-state index contributed by atoms with van der Waals surface area (Å²) in [6, 6.07) is 19.3. The molecule has 330 valence electrons. The van der Waals surface area contributed by atoms with Crippen molar-refractivity contribution in [1.29, 1.82) is 0 Å². The van der Waals surface area contributed by atoms with Crippen molar-refractivity contribution in [3.05, 3.63) is 90.8 Å². The van der Waals surface area contributed by atoms with Crippen LogP contribution in [-0.4, -0.2) is 135 Å². The Morgan fingerprint density at radius 3 is 2.28 bits per heavy atom. The summed E-state index contributed by atoms with van der Waals surface area (Å²) in [5.41, 5.74) is 2.83. The highest BCUT2D eigenvalue weighted by atomic mass is 32.2. The van der Waals surface area contributed by atoms with Crippen LogP contribution in [0.15, 0.2) is 89.2 Å². The summed E-state index contributed by atoms with van der Waals surface area (Å²) in [6.45, 7) is 12.7. The number of hydrogen-bond acceptors (Lipinski definition) is 10. The van der Waals surface area contributed by atoms with Crippen molar-refractivity contribution < 1.29 is 27.1 Å². The molecule has 14 heteroatoms. The van der Waals surface area contributed by atoms with Crippen molar-refractivity contribution in [2.75, 3.05) is 109 Å². The number of carbonyl (C=O) groups excluding carboxylic acids is 2. The first-order chi connectivity index (χ1) is 29.3. The van der Waals surface area contributed by atoms with Gasteiger partial charge in [0, 0.05) is 80.8 Å². The molecule has 4 aliphatic rings. The van der Waals surface area contributed by atoms with E-state index in [1.165, 1.54) is 25.7 Å². The smallest absolute Gasteiger partial charge is 0.407 e. The van der Waals surface area contributed by atoms with Crippen molar-refractivity contribution >= 4 is 38.9 Å². The quantitative estimate of drug-likeness (QED) is 0.155. The topological polar surface area (TPSA) is 118 Å². The number of ether oxygens (including phenoxy) is 1. The second-order valence-corrected chi connectivity index (χ2v) is 19.9. The number of amides is 2. The van der Waals surface area contributed by atoms with Crippen LogP contribution in [-0.2, 0) is 24.8 Å². The molecule has 0 aromatic heterocycles. The monoisotopic (exact) mass is 857 g/mol. The van der Waals surface area contributed by atoms with Gasteiger partial charge < -0.3 is 39.9 Å². The lowest BCUT2D eigenvalue weighted by molar-refractivity contribution is -0.111.